The van der Waals surface area contributed by atoms with Crippen molar-refractivity contribution in [1.29, 1.82) is 0 Å². The Kier molecular flexibility index (Phi) is 3.64. The number of aliphatic hydroxyl groups excluding tert-OH is 1. The van der Waals surface area contributed by atoms with Crippen molar-refractivity contribution in [2.45, 2.75) is 25.2 Å². The molecular weight excluding hydrogens is 275 g/mol. The van der Waals surface area contributed by atoms with Gasteiger partial charge in [-0.15, -0.1) is 0 Å². The van der Waals surface area contributed by atoms with Crippen molar-refractivity contribution >= 4 is 6.09 Å². The van der Waals surface area contributed by atoms with E-state index in [1.807, 2.05) is 0 Å². The van der Waals surface area contributed by atoms with Crippen LogP contribution < -0.4 is 0 Å². The van der Waals surface area contributed by atoms with Gasteiger partial charge in [0.25, 0.3) is 0 Å². The lowest BCUT2D eigenvalue weighted by molar-refractivity contribution is -0.138. The summed E-state index contributed by atoms with van der Waals surface area (Å²) in [6.45, 7) is 0.878. The first kappa shape index (κ1) is 14.6. The van der Waals surface area contributed by atoms with Gasteiger partial charge >= 0.3 is 12.3 Å². The van der Waals surface area contributed by atoms with Gasteiger partial charge in [0.2, 0.25) is 0 Å². The molecule has 0 spiro atoms. The zero-order valence-electron chi connectivity index (χ0n) is 10.8. The van der Waals surface area contributed by atoms with E-state index in [2.05, 4.69) is 0 Å². The Hall–Kier alpha value is -1.76. The number of halogens is 3. The van der Waals surface area contributed by atoms with Crippen LogP contribution in [0.3, 0.4) is 0 Å². The fraction of sp³-hybridized carbons (Fsp3) is 0.462. The molecule has 7 heteroatoms. The molecule has 1 N–H and O–H groups in total. The van der Waals surface area contributed by atoms with Crippen LogP contribution in [0.5, 0.6) is 0 Å². The Morgan fingerprint density at radius 1 is 1.40 bits per heavy atom. The Morgan fingerprint density at radius 3 is 2.65 bits per heavy atom. The maximum atomic E-state index is 12.9. The molecule has 0 aliphatic carbocycles. The van der Waals surface area contributed by atoms with E-state index in [0.717, 1.165) is 11.0 Å². The van der Waals surface area contributed by atoms with Gasteiger partial charge in [0.05, 0.1) is 18.7 Å². The van der Waals surface area contributed by atoms with E-state index in [-0.39, 0.29) is 25.3 Å². The smallest absolute Gasteiger partial charge is 0.416 e. The highest BCUT2D eigenvalue weighted by molar-refractivity contribution is 5.71. The molecule has 1 saturated heterocycles. The van der Waals surface area contributed by atoms with Crippen LogP contribution >= 0.6 is 0 Å². The minimum Gasteiger partial charge on any atom is -0.447 e. The summed E-state index contributed by atoms with van der Waals surface area (Å²) in [5.74, 6) is 0. The van der Waals surface area contributed by atoms with Crippen LogP contribution in [0.2, 0.25) is 0 Å². The van der Waals surface area contributed by atoms with Crippen LogP contribution in [0.25, 0.3) is 0 Å². The molecule has 0 radical (unpaired) electrons. The molecule has 0 bridgehead atoms. The van der Waals surface area contributed by atoms with Gasteiger partial charge in [-0.1, -0.05) is 18.2 Å². The van der Waals surface area contributed by atoms with Gasteiger partial charge in [-0.2, -0.15) is 13.2 Å². The van der Waals surface area contributed by atoms with E-state index >= 15 is 0 Å². The standard InChI is InChI=1S/C13H14F3NO3/c1-12(7-18)8-20-11(19)17(12)6-9-4-2-3-5-10(9)13(14,15)16/h2-5,18H,6-8H2,1H3. The molecule has 1 fully saturated rings. The summed E-state index contributed by atoms with van der Waals surface area (Å²) >= 11 is 0. The average Bonchev–Trinajstić information content (AvgIpc) is 2.67. The van der Waals surface area contributed by atoms with Crippen LogP contribution in [0, 0.1) is 0 Å². The lowest BCUT2D eigenvalue weighted by atomic mass is 10.0. The van der Waals surface area contributed by atoms with Crippen molar-refractivity contribution in [3.8, 4) is 0 Å². The summed E-state index contributed by atoms with van der Waals surface area (Å²) in [6.07, 6.45) is -5.21. The highest BCUT2D eigenvalue weighted by Crippen LogP contribution is 2.34. The zero-order valence-corrected chi connectivity index (χ0v) is 10.8. The van der Waals surface area contributed by atoms with Crippen molar-refractivity contribution in [3.63, 3.8) is 0 Å². The summed E-state index contributed by atoms with van der Waals surface area (Å²) in [7, 11) is 0. The summed E-state index contributed by atoms with van der Waals surface area (Å²) in [4.78, 5) is 12.7. The van der Waals surface area contributed by atoms with Crippen molar-refractivity contribution < 1.29 is 27.8 Å². The van der Waals surface area contributed by atoms with Crippen molar-refractivity contribution in [2.24, 2.45) is 0 Å². The number of amides is 1. The molecule has 20 heavy (non-hydrogen) atoms. The summed E-state index contributed by atoms with van der Waals surface area (Å²) in [5, 5.41) is 9.32. The van der Waals surface area contributed by atoms with Gasteiger partial charge in [-0.3, -0.25) is 4.90 Å². The predicted molar refractivity (Wildman–Crippen MR) is 63.8 cm³/mol. The molecule has 0 aromatic heterocycles. The molecule has 1 heterocycles. The van der Waals surface area contributed by atoms with E-state index in [4.69, 9.17) is 4.74 Å². The maximum absolute atomic E-state index is 12.9. The van der Waals surface area contributed by atoms with E-state index < -0.39 is 23.4 Å². The van der Waals surface area contributed by atoms with Crippen LogP contribution in [-0.2, 0) is 17.5 Å². The maximum Gasteiger partial charge on any atom is 0.416 e. The molecule has 1 amide bonds. The number of ether oxygens (including phenoxy) is 1. The highest BCUT2D eigenvalue weighted by atomic mass is 19.4. The third-order valence-electron chi connectivity index (χ3n) is 3.37. The second-order valence-corrected chi connectivity index (χ2v) is 4.95. The summed E-state index contributed by atoms with van der Waals surface area (Å²) < 4.78 is 43.5. The Balaban J connectivity index is 2.33. The van der Waals surface area contributed by atoms with E-state index in [9.17, 15) is 23.1 Å². The van der Waals surface area contributed by atoms with Gasteiger partial charge in [0, 0.05) is 0 Å². The van der Waals surface area contributed by atoms with Crippen molar-refractivity contribution in [3.05, 3.63) is 35.4 Å². The van der Waals surface area contributed by atoms with Gasteiger partial charge in [0.15, 0.2) is 0 Å². The lowest BCUT2D eigenvalue weighted by Gasteiger charge is -2.30. The van der Waals surface area contributed by atoms with Gasteiger partial charge in [-0.05, 0) is 18.6 Å². The van der Waals surface area contributed by atoms with Crippen LogP contribution in [0.1, 0.15) is 18.1 Å². The first-order valence-electron chi connectivity index (χ1n) is 5.98. The number of rotatable bonds is 3. The highest BCUT2D eigenvalue weighted by Gasteiger charge is 2.44. The van der Waals surface area contributed by atoms with Crippen molar-refractivity contribution in [2.75, 3.05) is 13.2 Å². The lowest BCUT2D eigenvalue weighted by Crippen LogP contribution is -2.47. The second-order valence-electron chi connectivity index (χ2n) is 4.95. The molecule has 1 aliphatic rings. The molecule has 1 unspecified atom stereocenters. The Bertz CT molecular complexity index is 518. The number of hydrogen-bond donors (Lipinski definition) is 1. The monoisotopic (exact) mass is 289 g/mol. The normalized spacial score (nSPS) is 23.1. The summed E-state index contributed by atoms with van der Waals surface area (Å²) in [6, 6.07) is 5.04. The second kappa shape index (κ2) is 4.97. The number of alkyl halides is 3. The van der Waals surface area contributed by atoms with Crippen LogP contribution in [-0.4, -0.2) is 34.9 Å². The number of aliphatic hydroxyl groups is 1. The molecule has 0 saturated carbocycles. The quantitative estimate of drug-likeness (QED) is 0.929. The molecule has 2 rings (SSSR count). The number of hydrogen-bond acceptors (Lipinski definition) is 3. The van der Waals surface area contributed by atoms with E-state index in [0.29, 0.717) is 0 Å². The molecular formula is C13H14F3NO3. The fourth-order valence-electron chi connectivity index (χ4n) is 2.08. The number of nitrogens with zero attached hydrogens (tertiary/aromatic N) is 1. The summed E-state index contributed by atoms with van der Waals surface area (Å²) in [5.41, 5.74) is -1.82. The Morgan fingerprint density at radius 2 is 2.05 bits per heavy atom. The molecule has 1 aromatic rings. The molecule has 4 nitrogen and oxygen atoms in total. The topological polar surface area (TPSA) is 49.8 Å². The number of carbonyl (C=O) groups excluding carboxylic acids is 1. The predicted octanol–water partition coefficient (Wildman–Crippen LogP) is 2.41. The molecule has 1 aromatic carbocycles. The minimum atomic E-state index is -4.49. The van der Waals surface area contributed by atoms with Crippen LogP contribution in [0.4, 0.5) is 18.0 Å². The third kappa shape index (κ3) is 2.58. The zero-order chi connectivity index (χ0) is 15.0. The number of cyclic esters (lactones) is 1. The number of carbonyl (C=O) groups is 1. The van der Waals surface area contributed by atoms with Gasteiger partial charge in [0.1, 0.15) is 12.1 Å². The SMILES string of the molecule is CC1(CO)COC(=O)N1Cc1ccccc1C(F)(F)F. The van der Waals surface area contributed by atoms with Crippen molar-refractivity contribution in [1.82, 2.24) is 4.90 Å². The third-order valence-corrected chi connectivity index (χ3v) is 3.37. The van der Waals surface area contributed by atoms with Gasteiger partial charge < -0.3 is 9.84 Å². The largest absolute Gasteiger partial charge is 0.447 e. The Labute approximate surface area is 113 Å². The molecule has 110 valence electrons. The van der Waals surface area contributed by atoms with E-state index in [1.165, 1.54) is 18.2 Å². The minimum absolute atomic E-state index is 0.0291. The fourth-order valence-corrected chi connectivity index (χ4v) is 2.08. The van der Waals surface area contributed by atoms with Gasteiger partial charge in [-0.25, -0.2) is 4.79 Å². The average molecular weight is 289 g/mol. The number of benzene rings is 1. The first-order chi connectivity index (χ1) is 9.28. The van der Waals surface area contributed by atoms with E-state index in [1.54, 1.807) is 6.92 Å². The molecule has 1 aliphatic heterocycles. The first-order valence-corrected chi connectivity index (χ1v) is 5.98. The van der Waals surface area contributed by atoms with Crippen LogP contribution in [0.15, 0.2) is 24.3 Å². The molecule has 1 atom stereocenters.